The molecule has 3 N–H and O–H groups in total. The van der Waals surface area contributed by atoms with E-state index in [4.69, 9.17) is 4.74 Å². The molecule has 0 radical (unpaired) electrons. The molecule has 27 heavy (non-hydrogen) atoms. The Morgan fingerprint density at radius 1 is 1.11 bits per heavy atom. The molecule has 0 spiro atoms. The van der Waals surface area contributed by atoms with Crippen molar-refractivity contribution in [3.05, 3.63) is 59.9 Å². The fourth-order valence-corrected chi connectivity index (χ4v) is 2.86. The van der Waals surface area contributed by atoms with E-state index in [0.717, 1.165) is 25.0 Å². The molecule has 6 nitrogen and oxygen atoms in total. The third-order valence-electron chi connectivity index (χ3n) is 4.22. The Morgan fingerprint density at radius 2 is 1.93 bits per heavy atom. The number of benzene rings is 2. The number of ether oxygens (including phenoxy) is 1. The first kappa shape index (κ1) is 18.8. The second kappa shape index (κ2) is 9.14. The largest absolute Gasteiger partial charge is 0.376 e. The summed E-state index contributed by atoms with van der Waals surface area (Å²) in [6, 6.07) is 12.8. The van der Waals surface area contributed by atoms with E-state index in [2.05, 4.69) is 16.0 Å². The molecule has 2 aromatic carbocycles. The molecule has 2 aromatic rings. The number of urea groups is 1. The summed E-state index contributed by atoms with van der Waals surface area (Å²) in [6.07, 6.45) is 2.10. The van der Waals surface area contributed by atoms with Crippen molar-refractivity contribution < 1.29 is 18.7 Å². The van der Waals surface area contributed by atoms with Crippen molar-refractivity contribution >= 4 is 23.3 Å². The highest BCUT2D eigenvalue weighted by Crippen LogP contribution is 2.20. The van der Waals surface area contributed by atoms with Crippen molar-refractivity contribution in [1.29, 1.82) is 0 Å². The lowest BCUT2D eigenvalue weighted by Gasteiger charge is -2.13. The monoisotopic (exact) mass is 371 g/mol. The van der Waals surface area contributed by atoms with Crippen LogP contribution in [0.1, 0.15) is 18.4 Å². The highest BCUT2D eigenvalue weighted by atomic mass is 19.1. The molecule has 1 heterocycles. The van der Waals surface area contributed by atoms with Crippen molar-refractivity contribution in [2.24, 2.45) is 0 Å². The summed E-state index contributed by atoms with van der Waals surface area (Å²) in [7, 11) is 0. The summed E-state index contributed by atoms with van der Waals surface area (Å²) in [6.45, 7) is 1.14. The van der Waals surface area contributed by atoms with E-state index < -0.39 is 11.8 Å². The van der Waals surface area contributed by atoms with Crippen LogP contribution in [0, 0.1) is 5.82 Å². The normalized spacial score (nSPS) is 16.0. The minimum absolute atomic E-state index is 0.0212. The topological polar surface area (TPSA) is 79.5 Å². The van der Waals surface area contributed by atoms with Crippen LogP contribution >= 0.6 is 0 Å². The van der Waals surface area contributed by atoms with Gasteiger partial charge in [-0.05, 0) is 36.6 Å². The smallest absolute Gasteiger partial charge is 0.319 e. The molecular weight excluding hydrogens is 349 g/mol. The number of amides is 3. The highest BCUT2D eigenvalue weighted by molar-refractivity contribution is 5.94. The van der Waals surface area contributed by atoms with Gasteiger partial charge in [0, 0.05) is 18.8 Å². The average Bonchev–Trinajstić information content (AvgIpc) is 3.17. The lowest BCUT2D eigenvalue weighted by atomic mass is 10.1. The lowest BCUT2D eigenvalue weighted by molar-refractivity contribution is -0.115. The molecule has 1 fully saturated rings. The summed E-state index contributed by atoms with van der Waals surface area (Å²) >= 11 is 0. The van der Waals surface area contributed by atoms with Crippen LogP contribution in [0.2, 0.25) is 0 Å². The number of carbonyl (C=O) groups excluding carboxylic acids is 2. The van der Waals surface area contributed by atoms with Gasteiger partial charge in [0.05, 0.1) is 18.2 Å². The van der Waals surface area contributed by atoms with E-state index in [9.17, 15) is 14.0 Å². The van der Waals surface area contributed by atoms with Gasteiger partial charge in [-0.1, -0.05) is 30.3 Å². The standard InChI is InChI=1S/C20H22FN3O3/c21-17-9-8-15(23-20(26)22-13-16-7-4-10-27-16)12-18(17)24-19(25)11-14-5-2-1-3-6-14/h1-3,5-6,8-9,12,16H,4,7,10-11,13H2,(H,24,25)(H2,22,23,26)/t16-/m0/s1. The zero-order valence-electron chi connectivity index (χ0n) is 14.8. The second-order valence-corrected chi connectivity index (χ2v) is 6.38. The maximum absolute atomic E-state index is 14.0. The highest BCUT2D eigenvalue weighted by Gasteiger charge is 2.16. The summed E-state index contributed by atoms with van der Waals surface area (Å²) in [4.78, 5) is 24.1. The minimum Gasteiger partial charge on any atom is -0.376 e. The number of hydrogen-bond acceptors (Lipinski definition) is 3. The molecule has 0 bridgehead atoms. The SMILES string of the molecule is O=C(Cc1ccccc1)Nc1cc(NC(=O)NC[C@@H]2CCCO2)ccc1F. The molecular formula is C20H22FN3O3. The number of anilines is 2. The van der Waals surface area contributed by atoms with Crippen molar-refractivity contribution in [2.45, 2.75) is 25.4 Å². The molecule has 1 atom stereocenters. The molecule has 142 valence electrons. The Morgan fingerprint density at radius 3 is 2.67 bits per heavy atom. The maximum Gasteiger partial charge on any atom is 0.319 e. The van der Waals surface area contributed by atoms with Crippen LogP contribution in [-0.2, 0) is 16.0 Å². The number of nitrogens with one attached hydrogen (secondary N) is 3. The molecule has 3 rings (SSSR count). The molecule has 1 aliphatic rings. The van der Waals surface area contributed by atoms with Gasteiger partial charge in [0.15, 0.2) is 0 Å². The second-order valence-electron chi connectivity index (χ2n) is 6.38. The fraction of sp³-hybridized carbons (Fsp3) is 0.300. The number of carbonyl (C=O) groups is 2. The van der Waals surface area contributed by atoms with E-state index in [0.29, 0.717) is 12.2 Å². The molecule has 3 amide bonds. The van der Waals surface area contributed by atoms with Crippen molar-refractivity contribution in [1.82, 2.24) is 5.32 Å². The third kappa shape index (κ3) is 5.79. The van der Waals surface area contributed by atoms with Crippen LogP contribution in [0.15, 0.2) is 48.5 Å². The van der Waals surface area contributed by atoms with E-state index >= 15 is 0 Å². The molecule has 0 saturated carbocycles. The van der Waals surface area contributed by atoms with Crippen LogP contribution in [0.5, 0.6) is 0 Å². The lowest BCUT2D eigenvalue weighted by Crippen LogP contribution is -2.35. The van der Waals surface area contributed by atoms with Crippen molar-refractivity contribution in [3.8, 4) is 0 Å². The summed E-state index contributed by atoms with van der Waals surface area (Å²) < 4.78 is 19.4. The van der Waals surface area contributed by atoms with Crippen molar-refractivity contribution in [2.75, 3.05) is 23.8 Å². The van der Waals surface area contributed by atoms with E-state index in [-0.39, 0.29) is 24.1 Å². The van der Waals surface area contributed by atoms with Gasteiger partial charge in [0.25, 0.3) is 0 Å². The van der Waals surface area contributed by atoms with Crippen LogP contribution in [0.3, 0.4) is 0 Å². The van der Waals surface area contributed by atoms with Gasteiger partial charge in [0.1, 0.15) is 5.82 Å². The van der Waals surface area contributed by atoms with Gasteiger partial charge in [0.2, 0.25) is 5.91 Å². The van der Waals surface area contributed by atoms with Crippen LogP contribution < -0.4 is 16.0 Å². The third-order valence-corrected chi connectivity index (χ3v) is 4.22. The van der Waals surface area contributed by atoms with Gasteiger partial charge in [-0.3, -0.25) is 4.79 Å². The Labute approximate surface area is 157 Å². The molecule has 1 saturated heterocycles. The van der Waals surface area contributed by atoms with Gasteiger partial charge in [-0.2, -0.15) is 0 Å². The quantitative estimate of drug-likeness (QED) is 0.729. The van der Waals surface area contributed by atoms with Crippen LogP contribution in [0.25, 0.3) is 0 Å². The summed E-state index contributed by atoms with van der Waals surface area (Å²) in [5.74, 6) is -0.901. The van der Waals surface area contributed by atoms with Crippen molar-refractivity contribution in [3.63, 3.8) is 0 Å². The number of hydrogen-bond donors (Lipinski definition) is 3. The zero-order valence-corrected chi connectivity index (χ0v) is 14.8. The molecule has 0 unspecified atom stereocenters. The van der Waals surface area contributed by atoms with Gasteiger partial charge in [-0.25, -0.2) is 9.18 Å². The molecule has 0 aromatic heterocycles. The van der Waals surface area contributed by atoms with Gasteiger partial charge >= 0.3 is 6.03 Å². The fourth-order valence-electron chi connectivity index (χ4n) is 2.86. The Hall–Kier alpha value is -2.93. The van der Waals surface area contributed by atoms with Crippen LogP contribution in [-0.4, -0.2) is 31.2 Å². The predicted molar refractivity (Wildman–Crippen MR) is 101 cm³/mol. The number of rotatable bonds is 6. The van der Waals surface area contributed by atoms with Gasteiger partial charge in [-0.15, -0.1) is 0 Å². The first-order valence-corrected chi connectivity index (χ1v) is 8.90. The Balaban J connectivity index is 1.55. The number of halogens is 1. The Kier molecular flexibility index (Phi) is 6.38. The first-order chi connectivity index (χ1) is 13.1. The minimum atomic E-state index is -0.568. The summed E-state index contributed by atoms with van der Waals surface area (Å²) in [5, 5.41) is 7.90. The van der Waals surface area contributed by atoms with Crippen LogP contribution in [0.4, 0.5) is 20.6 Å². The summed E-state index contributed by atoms with van der Waals surface area (Å²) in [5.41, 5.74) is 1.24. The molecule has 0 aliphatic carbocycles. The average molecular weight is 371 g/mol. The first-order valence-electron chi connectivity index (χ1n) is 8.90. The molecule has 7 heteroatoms. The predicted octanol–water partition coefficient (Wildman–Crippen LogP) is 3.31. The maximum atomic E-state index is 14.0. The zero-order chi connectivity index (χ0) is 19.1. The van der Waals surface area contributed by atoms with E-state index in [1.54, 1.807) is 0 Å². The van der Waals surface area contributed by atoms with E-state index in [1.807, 2.05) is 30.3 Å². The van der Waals surface area contributed by atoms with Gasteiger partial charge < -0.3 is 20.7 Å². The van der Waals surface area contributed by atoms with E-state index in [1.165, 1.54) is 18.2 Å². The molecule has 1 aliphatic heterocycles. The Bertz CT molecular complexity index is 792.